The molecule has 2 heteroatoms. The molecular formula is C59H39NS. The van der Waals surface area contributed by atoms with E-state index >= 15 is 0 Å². The summed E-state index contributed by atoms with van der Waals surface area (Å²) < 4.78 is 2.65. The molecule has 0 atom stereocenters. The minimum absolute atomic E-state index is 0.497. The minimum Gasteiger partial charge on any atom is -0.310 e. The topological polar surface area (TPSA) is 3.24 Å². The van der Waals surface area contributed by atoms with E-state index in [4.69, 9.17) is 0 Å². The number of rotatable bonds is 7. The summed E-state index contributed by atoms with van der Waals surface area (Å²) in [6, 6.07) is 87.3. The fourth-order valence-electron chi connectivity index (χ4n) is 9.96. The van der Waals surface area contributed by atoms with Crippen molar-refractivity contribution < 1.29 is 0 Å². The van der Waals surface area contributed by atoms with Crippen molar-refractivity contribution in [3.63, 3.8) is 0 Å². The molecule has 11 aromatic rings. The number of anilines is 3. The van der Waals surface area contributed by atoms with Gasteiger partial charge in [0, 0.05) is 37.2 Å². The van der Waals surface area contributed by atoms with Crippen molar-refractivity contribution in [2.24, 2.45) is 0 Å². The molecule has 1 aliphatic carbocycles. The Labute approximate surface area is 360 Å². The van der Waals surface area contributed by atoms with Gasteiger partial charge in [-0.05, 0) is 115 Å². The Balaban J connectivity index is 1.04. The second-order valence-electron chi connectivity index (χ2n) is 16.0. The maximum atomic E-state index is 2.46. The van der Waals surface area contributed by atoms with E-state index < -0.39 is 5.41 Å². The molecule has 0 spiro atoms. The van der Waals surface area contributed by atoms with Crippen LogP contribution in [-0.4, -0.2) is 0 Å². The van der Waals surface area contributed by atoms with Crippen LogP contribution in [0.2, 0.25) is 0 Å². The molecule has 0 radical (unpaired) electrons. The smallest absolute Gasteiger partial charge is 0.0714 e. The van der Waals surface area contributed by atoms with Crippen LogP contribution < -0.4 is 4.90 Å². The molecule has 12 rings (SSSR count). The zero-order valence-electron chi connectivity index (χ0n) is 33.4. The molecule has 61 heavy (non-hydrogen) atoms. The van der Waals surface area contributed by atoms with Gasteiger partial charge in [-0.15, -0.1) is 11.3 Å². The van der Waals surface area contributed by atoms with Gasteiger partial charge in [-0.2, -0.15) is 0 Å². The van der Waals surface area contributed by atoms with Gasteiger partial charge in [0.2, 0.25) is 0 Å². The predicted molar refractivity (Wildman–Crippen MR) is 260 cm³/mol. The molecule has 286 valence electrons. The van der Waals surface area contributed by atoms with Gasteiger partial charge >= 0.3 is 0 Å². The third-order valence-corrected chi connectivity index (χ3v) is 14.0. The van der Waals surface area contributed by atoms with Gasteiger partial charge in [0.05, 0.1) is 5.41 Å². The van der Waals surface area contributed by atoms with Crippen LogP contribution in [-0.2, 0) is 5.41 Å². The molecule has 1 aromatic heterocycles. The molecule has 1 aliphatic rings. The summed E-state index contributed by atoms with van der Waals surface area (Å²) >= 11 is 1.88. The third-order valence-electron chi connectivity index (χ3n) is 12.7. The van der Waals surface area contributed by atoms with Crippen molar-refractivity contribution in [2.45, 2.75) is 5.41 Å². The zero-order chi connectivity index (χ0) is 40.3. The summed E-state index contributed by atoms with van der Waals surface area (Å²) in [6.45, 7) is 0. The Bertz CT molecular complexity index is 3360. The first kappa shape index (κ1) is 35.4. The Morgan fingerprint density at radius 1 is 0.328 bits per heavy atom. The largest absolute Gasteiger partial charge is 0.310 e. The fourth-order valence-corrected chi connectivity index (χ4v) is 11.2. The van der Waals surface area contributed by atoms with Crippen LogP contribution in [0.4, 0.5) is 17.1 Å². The lowest BCUT2D eigenvalue weighted by atomic mass is 9.67. The van der Waals surface area contributed by atoms with E-state index in [2.05, 4.69) is 241 Å². The van der Waals surface area contributed by atoms with Gasteiger partial charge in [0.15, 0.2) is 0 Å². The van der Waals surface area contributed by atoms with Crippen molar-refractivity contribution >= 4 is 59.3 Å². The highest BCUT2D eigenvalue weighted by Crippen LogP contribution is 2.57. The molecule has 0 saturated carbocycles. The van der Waals surface area contributed by atoms with E-state index in [0.29, 0.717) is 0 Å². The Morgan fingerprint density at radius 2 is 0.885 bits per heavy atom. The molecule has 0 fully saturated rings. The average Bonchev–Trinajstić information content (AvgIpc) is 3.86. The first-order valence-electron chi connectivity index (χ1n) is 21.0. The lowest BCUT2D eigenvalue weighted by Gasteiger charge is -2.35. The standard InChI is InChI=1S/C59H39NS/c1-3-16-45(17-4-1)59(46-18-5-2-6-19-46)55-24-11-9-20-51(55)52-37-36-49(39-56(52)59)60(47-32-28-41(29-33-47)44-27-26-40-14-7-8-15-43(40)38-44)48-34-30-42(31-35-48)50-22-13-23-54-53-21-10-12-25-57(53)61-58(50)54/h1-39H. The highest BCUT2D eigenvalue weighted by molar-refractivity contribution is 7.26. The second kappa shape index (κ2) is 14.3. The zero-order valence-corrected chi connectivity index (χ0v) is 34.2. The van der Waals surface area contributed by atoms with E-state index in [1.165, 1.54) is 86.6 Å². The van der Waals surface area contributed by atoms with Crippen LogP contribution in [0, 0.1) is 0 Å². The SMILES string of the molecule is c1ccc(C2(c3ccccc3)c3ccccc3-c3ccc(N(c4ccc(-c5ccc6ccccc6c5)cc4)c4ccc(-c5cccc6c5sc5ccccc56)cc4)cc32)cc1. The van der Waals surface area contributed by atoms with E-state index in [-0.39, 0.29) is 0 Å². The first-order valence-corrected chi connectivity index (χ1v) is 21.8. The number of fused-ring (bicyclic) bond motifs is 7. The molecule has 0 N–H and O–H groups in total. The average molecular weight is 794 g/mol. The van der Waals surface area contributed by atoms with Gasteiger partial charge < -0.3 is 4.90 Å². The van der Waals surface area contributed by atoms with E-state index in [0.717, 1.165) is 17.1 Å². The summed E-state index contributed by atoms with van der Waals surface area (Å²) in [4.78, 5) is 2.43. The summed E-state index contributed by atoms with van der Waals surface area (Å²) in [5, 5.41) is 5.13. The summed E-state index contributed by atoms with van der Waals surface area (Å²) in [6.07, 6.45) is 0. The molecular weight excluding hydrogens is 755 g/mol. The van der Waals surface area contributed by atoms with Crippen LogP contribution in [0.1, 0.15) is 22.3 Å². The van der Waals surface area contributed by atoms with Crippen LogP contribution >= 0.6 is 11.3 Å². The first-order chi connectivity index (χ1) is 30.2. The Hall–Kier alpha value is -7.52. The van der Waals surface area contributed by atoms with Crippen molar-refractivity contribution in [3.05, 3.63) is 259 Å². The number of nitrogens with zero attached hydrogens (tertiary/aromatic N) is 1. The van der Waals surface area contributed by atoms with Crippen molar-refractivity contribution in [1.82, 2.24) is 0 Å². The van der Waals surface area contributed by atoms with E-state index in [9.17, 15) is 0 Å². The number of benzene rings is 10. The molecule has 10 aromatic carbocycles. The van der Waals surface area contributed by atoms with Crippen LogP contribution in [0.15, 0.2) is 237 Å². The molecule has 0 unspecified atom stereocenters. The molecule has 1 heterocycles. The van der Waals surface area contributed by atoms with Crippen molar-refractivity contribution in [1.29, 1.82) is 0 Å². The van der Waals surface area contributed by atoms with Crippen LogP contribution in [0.25, 0.3) is 64.3 Å². The molecule has 0 bridgehead atoms. The van der Waals surface area contributed by atoms with Gasteiger partial charge in [0.25, 0.3) is 0 Å². The lowest BCUT2D eigenvalue weighted by Crippen LogP contribution is -2.28. The lowest BCUT2D eigenvalue weighted by molar-refractivity contribution is 0.768. The van der Waals surface area contributed by atoms with Gasteiger partial charge in [-0.3, -0.25) is 0 Å². The summed E-state index contributed by atoms with van der Waals surface area (Å²) in [5.41, 5.74) is 15.4. The van der Waals surface area contributed by atoms with Crippen molar-refractivity contribution in [2.75, 3.05) is 4.90 Å². The maximum Gasteiger partial charge on any atom is 0.0714 e. The molecule has 1 nitrogen and oxygen atoms in total. The fraction of sp³-hybridized carbons (Fsp3) is 0.0169. The summed E-state index contributed by atoms with van der Waals surface area (Å²) in [7, 11) is 0. The van der Waals surface area contributed by atoms with Gasteiger partial charge in [-0.1, -0.05) is 188 Å². The van der Waals surface area contributed by atoms with Crippen LogP contribution in [0.5, 0.6) is 0 Å². The number of thiophene rings is 1. The maximum absolute atomic E-state index is 2.46. The Kier molecular flexibility index (Phi) is 8.33. The molecule has 0 saturated heterocycles. The number of hydrogen-bond acceptors (Lipinski definition) is 2. The van der Waals surface area contributed by atoms with Crippen LogP contribution in [0.3, 0.4) is 0 Å². The Morgan fingerprint density at radius 3 is 1.64 bits per heavy atom. The highest BCUT2D eigenvalue weighted by Gasteiger charge is 2.46. The molecule has 0 amide bonds. The second-order valence-corrected chi connectivity index (χ2v) is 17.1. The third kappa shape index (κ3) is 5.68. The summed E-state index contributed by atoms with van der Waals surface area (Å²) in [5.74, 6) is 0. The minimum atomic E-state index is -0.497. The highest BCUT2D eigenvalue weighted by atomic mass is 32.1. The number of hydrogen-bond donors (Lipinski definition) is 0. The van der Waals surface area contributed by atoms with Gasteiger partial charge in [-0.25, -0.2) is 0 Å². The predicted octanol–water partition coefficient (Wildman–Crippen LogP) is 16.4. The van der Waals surface area contributed by atoms with Gasteiger partial charge in [0.1, 0.15) is 0 Å². The quantitative estimate of drug-likeness (QED) is 0.155. The molecule has 0 aliphatic heterocycles. The normalized spacial score (nSPS) is 12.7. The van der Waals surface area contributed by atoms with Crippen molar-refractivity contribution in [3.8, 4) is 33.4 Å². The van der Waals surface area contributed by atoms with E-state index in [1.54, 1.807) is 0 Å². The monoisotopic (exact) mass is 793 g/mol. The van der Waals surface area contributed by atoms with E-state index in [1.807, 2.05) is 11.3 Å².